The van der Waals surface area contributed by atoms with Gasteiger partial charge in [-0.1, -0.05) is 12.1 Å². The van der Waals surface area contributed by atoms with E-state index in [9.17, 15) is 14.4 Å². The smallest absolute Gasteiger partial charge is 0.281 e. The molecular formula is C12H8N3O3+. The summed E-state index contributed by atoms with van der Waals surface area (Å²) in [4.78, 5) is 39.1. The van der Waals surface area contributed by atoms with Gasteiger partial charge in [0.2, 0.25) is 11.2 Å². The van der Waals surface area contributed by atoms with E-state index in [1.54, 1.807) is 24.3 Å². The van der Waals surface area contributed by atoms with Gasteiger partial charge in [0.25, 0.3) is 5.91 Å². The molecule has 0 aliphatic carbocycles. The van der Waals surface area contributed by atoms with E-state index in [1.807, 2.05) is 0 Å². The first kappa shape index (κ1) is 10.5. The zero-order valence-corrected chi connectivity index (χ0v) is 9.43. The molecule has 0 spiro atoms. The fourth-order valence-electron chi connectivity index (χ4n) is 2.06. The molecule has 1 aliphatic rings. The molecule has 6 heteroatoms. The molecule has 1 aromatic carbocycles. The van der Waals surface area contributed by atoms with Crippen LogP contribution in [0.4, 0.5) is 0 Å². The highest BCUT2D eigenvalue weighted by molar-refractivity contribution is 6.19. The zero-order valence-electron chi connectivity index (χ0n) is 9.43. The van der Waals surface area contributed by atoms with E-state index in [0.717, 1.165) is 0 Å². The fourth-order valence-corrected chi connectivity index (χ4v) is 2.06. The first-order valence-corrected chi connectivity index (χ1v) is 5.31. The number of rotatable bonds is 0. The second kappa shape index (κ2) is 3.43. The monoisotopic (exact) mass is 242 g/mol. The van der Waals surface area contributed by atoms with E-state index < -0.39 is 11.8 Å². The Bertz CT molecular complexity index is 737. The third-order valence-electron chi connectivity index (χ3n) is 2.77. The number of carbonyl (C=O) groups excluding carboxylic acids is 3. The lowest BCUT2D eigenvalue weighted by molar-refractivity contribution is -0.547. The molecule has 18 heavy (non-hydrogen) atoms. The summed E-state index contributed by atoms with van der Waals surface area (Å²) in [7, 11) is 0. The number of nitrogens with one attached hydrogen (secondary N) is 1. The van der Waals surface area contributed by atoms with E-state index in [2.05, 4.69) is 10.3 Å². The predicted octanol–water partition coefficient (Wildman–Crippen LogP) is 0.0660. The van der Waals surface area contributed by atoms with Crippen LogP contribution in [0.2, 0.25) is 0 Å². The zero-order chi connectivity index (χ0) is 12.9. The molecule has 0 radical (unpaired) electrons. The van der Waals surface area contributed by atoms with Gasteiger partial charge >= 0.3 is 17.5 Å². The highest BCUT2D eigenvalue weighted by atomic mass is 16.2. The Morgan fingerprint density at radius 1 is 1.22 bits per heavy atom. The summed E-state index contributed by atoms with van der Waals surface area (Å²) in [5.41, 5.74) is 1.00. The van der Waals surface area contributed by atoms with Crippen LogP contribution < -0.4 is 9.88 Å². The van der Waals surface area contributed by atoms with E-state index in [-0.39, 0.29) is 17.3 Å². The van der Waals surface area contributed by atoms with Gasteiger partial charge in [0.05, 0.1) is 6.92 Å². The van der Waals surface area contributed by atoms with Crippen LogP contribution in [-0.4, -0.2) is 22.7 Å². The average molecular weight is 242 g/mol. The highest BCUT2D eigenvalue weighted by Gasteiger charge is 2.41. The molecule has 0 saturated carbocycles. The molecule has 0 atom stereocenters. The molecule has 2 heterocycles. The van der Waals surface area contributed by atoms with Crippen molar-refractivity contribution in [3.05, 3.63) is 35.7 Å². The Morgan fingerprint density at radius 2 is 1.94 bits per heavy atom. The molecule has 6 nitrogen and oxygen atoms in total. The lowest BCUT2D eigenvalue weighted by Gasteiger charge is -1.99. The molecule has 0 unspecified atom stereocenters. The van der Waals surface area contributed by atoms with Crippen molar-refractivity contribution < 1.29 is 19.0 Å². The molecule has 2 aromatic rings. The summed E-state index contributed by atoms with van der Waals surface area (Å²) in [6, 6.07) is 6.86. The second-order valence-corrected chi connectivity index (χ2v) is 3.94. The fraction of sp³-hybridized carbons (Fsp3) is 0.0833. The molecule has 2 amide bonds. The van der Waals surface area contributed by atoms with Gasteiger partial charge < -0.3 is 0 Å². The van der Waals surface area contributed by atoms with Crippen molar-refractivity contribution in [3.8, 4) is 0 Å². The van der Waals surface area contributed by atoms with Crippen LogP contribution in [0.15, 0.2) is 24.3 Å². The van der Waals surface area contributed by atoms with Crippen LogP contribution in [0.5, 0.6) is 0 Å². The van der Waals surface area contributed by atoms with Crippen molar-refractivity contribution in [1.82, 2.24) is 10.3 Å². The molecular weight excluding hydrogens is 234 g/mol. The molecule has 1 aliphatic heterocycles. The second-order valence-electron chi connectivity index (χ2n) is 3.94. The van der Waals surface area contributed by atoms with Gasteiger partial charge in [-0.3, -0.25) is 14.9 Å². The Labute approximate surface area is 101 Å². The quantitative estimate of drug-likeness (QED) is 0.523. The van der Waals surface area contributed by atoms with Crippen molar-refractivity contribution in [3.63, 3.8) is 0 Å². The van der Waals surface area contributed by atoms with Crippen molar-refractivity contribution in [2.24, 2.45) is 0 Å². The predicted molar refractivity (Wildman–Crippen MR) is 60.0 cm³/mol. The van der Waals surface area contributed by atoms with Crippen LogP contribution in [0.25, 0.3) is 11.0 Å². The molecule has 88 valence electrons. The molecule has 0 bridgehead atoms. The Kier molecular flexibility index (Phi) is 2.00. The first-order chi connectivity index (χ1) is 8.59. The third-order valence-corrected chi connectivity index (χ3v) is 2.77. The van der Waals surface area contributed by atoms with E-state index >= 15 is 0 Å². The van der Waals surface area contributed by atoms with E-state index in [1.165, 1.54) is 11.5 Å². The number of para-hydroxylation sites is 2. The third kappa shape index (κ3) is 1.26. The number of benzene rings is 1. The maximum atomic E-state index is 11.7. The molecule has 0 fully saturated rings. The van der Waals surface area contributed by atoms with Gasteiger partial charge in [-0.25, -0.2) is 9.78 Å². The number of aromatic nitrogens is 2. The summed E-state index contributed by atoms with van der Waals surface area (Å²) < 4.78 is 1.22. The SMILES string of the molecule is CC(=O)[n+]1c2c(nc3ccccc31)C(=O)NC2=O. The Morgan fingerprint density at radius 3 is 2.67 bits per heavy atom. The van der Waals surface area contributed by atoms with Gasteiger partial charge in [-0.05, 0) is 6.07 Å². The van der Waals surface area contributed by atoms with Gasteiger partial charge in [-0.2, -0.15) is 0 Å². The van der Waals surface area contributed by atoms with E-state index in [4.69, 9.17) is 0 Å². The van der Waals surface area contributed by atoms with Crippen LogP contribution in [0.3, 0.4) is 0 Å². The summed E-state index contributed by atoms with van der Waals surface area (Å²) in [5, 5.41) is 2.14. The van der Waals surface area contributed by atoms with Crippen molar-refractivity contribution in [2.45, 2.75) is 6.92 Å². The summed E-state index contributed by atoms with van der Waals surface area (Å²) in [5.74, 6) is -1.51. The normalized spacial score (nSPS) is 13.6. The first-order valence-electron chi connectivity index (χ1n) is 5.31. The minimum Gasteiger partial charge on any atom is -0.281 e. The standard InChI is InChI=1S/C12H7N3O3/c1-6(16)15-8-5-3-2-4-7(8)13-9-10(15)12(18)14-11(9)17/h2-5H,1H3/p+1. The van der Waals surface area contributed by atoms with E-state index in [0.29, 0.717) is 11.0 Å². The number of hydrogen-bond donors (Lipinski definition) is 1. The molecule has 0 saturated heterocycles. The minimum atomic E-state index is -0.594. The lowest BCUT2D eigenvalue weighted by atomic mass is 10.2. The highest BCUT2D eigenvalue weighted by Crippen LogP contribution is 2.15. The van der Waals surface area contributed by atoms with Gasteiger partial charge in [0.1, 0.15) is 5.52 Å². The topological polar surface area (TPSA) is 80.0 Å². The van der Waals surface area contributed by atoms with Crippen LogP contribution in [0, 0.1) is 0 Å². The number of imide groups is 1. The maximum Gasteiger partial charge on any atom is 0.390 e. The van der Waals surface area contributed by atoms with Gasteiger partial charge in [0.15, 0.2) is 0 Å². The Balaban J connectivity index is 2.54. The molecule has 1 N–H and O–H groups in total. The minimum absolute atomic E-state index is 0.00565. The number of carbonyl (C=O) groups is 3. The summed E-state index contributed by atoms with van der Waals surface area (Å²) in [6.07, 6.45) is 0. The summed E-state index contributed by atoms with van der Waals surface area (Å²) in [6.45, 7) is 1.34. The van der Waals surface area contributed by atoms with Gasteiger partial charge in [-0.15, -0.1) is 4.57 Å². The van der Waals surface area contributed by atoms with Crippen LogP contribution in [-0.2, 0) is 0 Å². The largest absolute Gasteiger partial charge is 0.390 e. The number of fused-ring (bicyclic) bond motifs is 2. The number of hydrogen-bond acceptors (Lipinski definition) is 4. The van der Waals surface area contributed by atoms with Crippen molar-refractivity contribution >= 4 is 28.8 Å². The Hall–Kier alpha value is -2.63. The number of nitrogens with zero attached hydrogens (tertiary/aromatic N) is 2. The van der Waals surface area contributed by atoms with Crippen LogP contribution >= 0.6 is 0 Å². The number of amides is 2. The van der Waals surface area contributed by atoms with Crippen molar-refractivity contribution in [2.75, 3.05) is 0 Å². The summed E-state index contributed by atoms with van der Waals surface area (Å²) >= 11 is 0. The maximum absolute atomic E-state index is 11.7. The van der Waals surface area contributed by atoms with Crippen LogP contribution in [0.1, 0.15) is 32.7 Å². The van der Waals surface area contributed by atoms with Crippen molar-refractivity contribution in [1.29, 1.82) is 0 Å². The molecule has 1 aromatic heterocycles. The average Bonchev–Trinajstić information content (AvgIpc) is 2.62. The lowest BCUT2D eigenvalue weighted by Crippen LogP contribution is -2.47. The van der Waals surface area contributed by atoms with Gasteiger partial charge in [0, 0.05) is 6.07 Å². The molecule has 3 rings (SSSR count).